The van der Waals surface area contributed by atoms with E-state index >= 15 is 0 Å². The van der Waals surface area contributed by atoms with E-state index in [-0.39, 0.29) is 16.7 Å². The molecule has 0 radical (unpaired) electrons. The second-order valence-electron chi connectivity index (χ2n) is 9.56. The molecule has 5 unspecified atom stereocenters. The van der Waals surface area contributed by atoms with Gasteiger partial charge in [-0.15, -0.1) is 31.1 Å². The van der Waals surface area contributed by atoms with Gasteiger partial charge >= 0.3 is 6.36 Å². The Kier molecular flexibility index (Phi) is 6.18. The first-order chi connectivity index (χ1) is 16.2. The highest BCUT2D eigenvalue weighted by atomic mass is 32.1. The third-order valence-electron chi connectivity index (χ3n) is 7.24. The minimum Gasteiger partial charge on any atom is -0.440 e. The van der Waals surface area contributed by atoms with E-state index in [1.165, 1.54) is 43.6 Å². The van der Waals surface area contributed by atoms with Gasteiger partial charge in [0.1, 0.15) is 5.01 Å². The van der Waals surface area contributed by atoms with E-state index in [1.54, 1.807) is 11.6 Å². The molecule has 2 aromatic heterocycles. The maximum Gasteiger partial charge on any atom is 0.573 e. The van der Waals surface area contributed by atoms with Crippen molar-refractivity contribution < 1.29 is 27.4 Å². The normalized spacial score (nSPS) is 25.6. The van der Waals surface area contributed by atoms with Crippen molar-refractivity contribution in [2.24, 2.45) is 23.7 Å². The van der Waals surface area contributed by atoms with Crippen molar-refractivity contribution in [3.63, 3.8) is 0 Å². The zero-order chi connectivity index (χ0) is 24.0. The number of hydrogen-bond acceptors (Lipinski definition) is 6. The number of aliphatic hydroxyl groups is 1. The maximum absolute atomic E-state index is 13.2. The second-order valence-corrected chi connectivity index (χ2v) is 10.5. The Morgan fingerprint density at radius 2 is 2.15 bits per heavy atom. The molecule has 0 saturated heterocycles. The Morgan fingerprint density at radius 3 is 2.82 bits per heavy atom. The average molecular weight is 493 g/mol. The van der Waals surface area contributed by atoms with Gasteiger partial charge in [0, 0.05) is 23.6 Å². The summed E-state index contributed by atoms with van der Waals surface area (Å²) in [5, 5.41) is 12.6. The van der Waals surface area contributed by atoms with Crippen LogP contribution in [-0.2, 0) is 6.42 Å². The predicted molar refractivity (Wildman–Crippen MR) is 123 cm³/mol. The van der Waals surface area contributed by atoms with Crippen LogP contribution in [0, 0.1) is 23.7 Å². The van der Waals surface area contributed by atoms with Gasteiger partial charge < -0.3 is 14.3 Å². The number of nitrogens with zero attached hydrogens (tertiary/aromatic N) is 2. The van der Waals surface area contributed by atoms with Crippen LogP contribution in [0.4, 0.5) is 13.2 Å². The molecule has 182 valence electrons. The van der Waals surface area contributed by atoms with Crippen molar-refractivity contribution in [2.45, 2.75) is 57.9 Å². The van der Waals surface area contributed by atoms with Crippen molar-refractivity contribution in [3.8, 4) is 16.3 Å². The third kappa shape index (κ3) is 4.60. The lowest BCUT2D eigenvalue weighted by atomic mass is 9.78. The molecule has 1 N–H and O–H groups in total. The van der Waals surface area contributed by atoms with Crippen molar-refractivity contribution in [3.05, 3.63) is 41.8 Å². The summed E-state index contributed by atoms with van der Waals surface area (Å²) < 4.78 is 50.1. The molecule has 3 aromatic rings. The number of aliphatic hydroxyl groups excluding tert-OH is 1. The van der Waals surface area contributed by atoms with Crippen molar-refractivity contribution in [1.29, 1.82) is 0 Å². The Balaban J connectivity index is 1.48. The molecule has 9 heteroatoms. The van der Waals surface area contributed by atoms with Gasteiger partial charge in [0.2, 0.25) is 0 Å². The van der Waals surface area contributed by atoms with Crippen LogP contribution in [0.15, 0.2) is 34.7 Å². The van der Waals surface area contributed by atoms with E-state index in [1.807, 2.05) is 0 Å². The predicted octanol–water partition coefficient (Wildman–Crippen LogP) is 7.07. The van der Waals surface area contributed by atoms with Gasteiger partial charge in [0.15, 0.2) is 22.7 Å². The molecule has 0 spiro atoms. The van der Waals surface area contributed by atoms with Crippen LogP contribution >= 0.6 is 11.3 Å². The van der Waals surface area contributed by atoms with E-state index in [4.69, 9.17) is 4.42 Å². The number of allylic oxidation sites excluding steroid dienone is 1. The van der Waals surface area contributed by atoms with Gasteiger partial charge in [-0.05, 0) is 68.8 Å². The summed E-state index contributed by atoms with van der Waals surface area (Å²) in [6, 6.07) is 1.45. The maximum atomic E-state index is 13.2. The molecule has 0 amide bonds. The second kappa shape index (κ2) is 9.00. The van der Waals surface area contributed by atoms with Crippen LogP contribution in [0.5, 0.6) is 5.75 Å². The highest BCUT2D eigenvalue weighted by molar-refractivity contribution is 7.13. The number of aromatic nitrogens is 2. The minimum absolute atomic E-state index is 0.00537. The third-order valence-corrected chi connectivity index (χ3v) is 8.05. The summed E-state index contributed by atoms with van der Waals surface area (Å²) in [4.78, 5) is 8.72. The highest BCUT2D eigenvalue weighted by Gasteiger charge is 2.39. The van der Waals surface area contributed by atoms with E-state index in [0.717, 1.165) is 18.8 Å². The van der Waals surface area contributed by atoms with Crippen LogP contribution in [0.3, 0.4) is 0 Å². The summed E-state index contributed by atoms with van der Waals surface area (Å²) in [5.41, 5.74) is 0.656. The van der Waals surface area contributed by atoms with Gasteiger partial charge in [-0.2, -0.15) is 0 Å². The Labute approximate surface area is 199 Å². The molecule has 5 rings (SSSR count). The van der Waals surface area contributed by atoms with Gasteiger partial charge in [-0.1, -0.05) is 6.08 Å². The first-order valence-electron chi connectivity index (χ1n) is 11.6. The number of aryl methyl sites for hydroxylation is 1. The van der Waals surface area contributed by atoms with Gasteiger partial charge in [0.05, 0.1) is 11.7 Å². The number of thiazole rings is 1. The summed E-state index contributed by atoms with van der Waals surface area (Å²) in [7, 11) is 0. The molecule has 2 heterocycles. The fourth-order valence-electron chi connectivity index (χ4n) is 5.87. The van der Waals surface area contributed by atoms with Gasteiger partial charge in [-0.3, -0.25) is 0 Å². The first kappa shape index (κ1) is 23.4. The minimum atomic E-state index is -4.93. The van der Waals surface area contributed by atoms with E-state index in [9.17, 15) is 18.3 Å². The van der Waals surface area contributed by atoms with Crippen molar-refractivity contribution in [1.82, 2.24) is 9.97 Å². The lowest BCUT2D eigenvalue weighted by Crippen LogP contribution is -2.19. The van der Waals surface area contributed by atoms with Crippen LogP contribution in [-0.4, -0.2) is 21.4 Å². The van der Waals surface area contributed by atoms with E-state index < -0.39 is 18.2 Å². The molecule has 2 saturated carbocycles. The van der Waals surface area contributed by atoms with Crippen LogP contribution in [0.2, 0.25) is 0 Å². The molecule has 34 heavy (non-hydrogen) atoms. The molecule has 2 aliphatic carbocycles. The fraction of sp³-hybridized carbons (Fsp3) is 0.520. The Morgan fingerprint density at radius 1 is 1.32 bits per heavy atom. The average Bonchev–Trinajstić information content (AvgIpc) is 3.50. The summed E-state index contributed by atoms with van der Waals surface area (Å²) in [6.07, 6.45) is 3.77. The molecular weight excluding hydrogens is 465 g/mol. The molecule has 5 nitrogen and oxygen atoms in total. The number of alkyl halides is 3. The fourth-order valence-corrected chi connectivity index (χ4v) is 6.52. The number of halogens is 3. The number of benzene rings is 1. The van der Waals surface area contributed by atoms with Crippen LogP contribution in [0.1, 0.15) is 56.6 Å². The zero-order valence-corrected chi connectivity index (χ0v) is 19.7. The van der Waals surface area contributed by atoms with Gasteiger partial charge in [0.25, 0.3) is 0 Å². The zero-order valence-electron chi connectivity index (χ0n) is 18.8. The summed E-state index contributed by atoms with van der Waals surface area (Å²) >= 11 is 1.33. The SMILES string of the molecule is C=CC1CC2CC(CCc3nc4c(OC(F)(F)F)c(C(C)O)cc(-c5nccs5)c4o3)CC1C2. The smallest absolute Gasteiger partial charge is 0.440 e. The van der Waals surface area contributed by atoms with Crippen LogP contribution < -0.4 is 4.74 Å². The standard InChI is InChI=1S/C25H27F3N2O3S/c1-3-16-10-15-8-14(9-17(16)11-15)4-5-20-30-21-22(32-20)19(24-29-6-7-34-24)12-18(13(2)31)23(21)33-25(26,27)28/h3,6-7,12-17,31H,1,4-5,8-11H2,2H3. The lowest BCUT2D eigenvalue weighted by Gasteiger charge is -2.28. The number of rotatable bonds is 7. The molecule has 2 bridgehead atoms. The van der Waals surface area contributed by atoms with E-state index in [2.05, 4.69) is 27.4 Å². The van der Waals surface area contributed by atoms with E-state index in [0.29, 0.717) is 40.6 Å². The number of oxazole rings is 1. The highest BCUT2D eigenvalue weighted by Crippen LogP contribution is 2.50. The number of fused-ring (bicyclic) bond motifs is 3. The number of ether oxygens (including phenoxy) is 1. The first-order valence-corrected chi connectivity index (χ1v) is 12.5. The molecule has 0 aliphatic heterocycles. The molecule has 2 fully saturated rings. The topological polar surface area (TPSA) is 68.4 Å². The van der Waals surface area contributed by atoms with Crippen LogP contribution in [0.25, 0.3) is 21.7 Å². The molecule has 5 atom stereocenters. The monoisotopic (exact) mass is 492 g/mol. The molecule has 1 aromatic carbocycles. The van der Waals surface area contributed by atoms with Crippen molar-refractivity contribution in [2.75, 3.05) is 0 Å². The summed E-state index contributed by atoms with van der Waals surface area (Å²) in [5.74, 6) is 2.41. The molecular formula is C25H27F3N2O3S. The van der Waals surface area contributed by atoms with Gasteiger partial charge in [-0.25, -0.2) is 9.97 Å². The summed E-state index contributed by atoms with van der Waals surface area (Å²) in [6.45, 7) is 5.38. The quantitative estimate of drug-likeness (QED) is 0.357. The molecule has 2 aliphatic rings. The lowest BCUT2D eigenvalue weighted by molar-refractivity contribution is -0.274. The largest absolute Gasteiger partial charge is 0.573 e. The Hall–Kier alpha value is -2.39. The number of hydrogen-bond donors (Lipinski definition) is 1. The van der Waals surface area contributed by atoms with Crippen molar-refractivity contribution >= 4 is 22.4 Å². The Bertz CT molecular complexity index is 1170.